The van der Waals surface area contributed by atoms with E-state index in [2.05, 4.69) is 10.3 Å². The van der Waals surface area contributed by atoms with E-state index in [1.807, 2.05) is 19.9 Å². The van der Waals surface area contributed by atoms with Crippen molar-refractivity contribution in [2.75, 3.05) is 0 Å². The zero-order valence-electron chi connectivity index (χ0n) is 12.3. The highest BCUT2D eigenvalue weighted by molar-refractivity contribution is 5.91. The highest BCUT2D eigenvalue weighted by Gasteiger charge is 2.22. The second-order valence-corrected chi connectivity index (χ2v) is 4.87. The molecule has 0 aliphatic rings. The normalized spacial score (nSPS) is 10.6. The summed E-state index contributed by atoms with van der Waals surface area (Å²) in [6.45, 7) is 4.01. The number of hydrogen-bond donors (Lipinski definition) is 2. The number of phenols is 1. The van der Waals surface area contributed by atoms with E-state index < -0.39 is 5.97 Å². The molecule has 0 spiro atoms. The molecule has 2 aromatic rings. The quantitative estimate of drug-likeness (QED) is 0.877. The fourth-order valence-corrected chi connectivity index (χ4v) is 2.43. The summed E-state index contributed by atoms with van der Waals surface area (Å²) in [4.78, 5) is 11.1. The van der Waals surface area contributed by atoms with Crippen LogP contribution in [-0.2, 0) is 0 Å². The van der Waals surface area contributed by atoms with Gasteiger partial charge in [-0.2, -0.15) is 5.26 Å². The Morgan fingerprint density at radius 3 is 2.64 bits per heavy atom. The Morgan fingerprint density at radius 1 is 1.41 bits per heavy atom. The minimum absolute atomic E-state index is 0.0896. The van der Waals surface area contributed by atoms with E-state index in [1.54, 1.807) is 6.07 Å². The van der Waals surface area contributed by atoms with Gasteiger partial charge in [0.15, 0.2) is 5.69 Å². The maximum absolute atomic E-state index is 11.1. The number of carboxylic acid groups (broad SMARTS) is 1. The average molecular weight is 300 g/mol. The Balaban J connectivity index is 2.63. The third kappa shape index (κ3) is 2.63. The standard InChI is InChI=1S/C15H16N4O3/c1-3-9(4-2)14-12(8-16)17-18-19(14)10-5-6-13(20)11(7-10)15(21)22/h5-7,9,20H,3-4H2,1-2H3,(H,21,22). The van der Waals surface area contributed by atoms with Crippen molar-refractivity contribution in [1.29, 1.82) is 5.26 Å². The van der Waals surface area contributed by atoms with Crippen LogP contribution in [0.4, 0.5) is 0 Å². The Labute approximate surface area is 127 Å². The lowest BCUT2D eigenvalue weighted by molar-refractivity contribution is 0.0693. The summed E-state index contributed by atoms with van der Waals surface area (Å²) in [6, 6.07) is 6.18. The first-order valence-electron chi connectivity index (χ1n) is 6.95. The van der Waals surface area contributed by atoms with Gasteiger partial charge < -0.3 is 10.2 Å². The van der Waals surface area contributed by atoms with E-state index in [0.717, 1.165) is 12.8 Å². The Morgan fingerprint density at radius 2 is 2.09 bits per heavy atom. The van der Waals surface area contributed by atoms with E-state index in [0.29, 0.717) is 11.4 Å². The van der Waals surface area contributed by atoms with Gasteiger partial charge in [-0.3, -0.25) is 0 Å². The SMILES string of the molecule is CCC(CC)c1c(C#N)nnn1-c1ccc(O)c(C(=O)O)c1. The van der Waals surface area contributed by atoms with Crippen molar-refractivity contribution >= 4 is 5.97 Å². The van der Waals surface area contributed by atoms with Crippen LogP contribution in [0, 0.1) is 11.3 Å². The van der Waals surface area contributed by atoms with E-state index in [-0.39, 0.29) is 22.9 Å². The topological polar surface area (TPSA) is 112 Å². The minimum Gasteiger partial charge on any atom is -0.507 e. The highest BCUT2D eigenvalue weighted by Crippen LogP contribution is 2.28. The van der Waals surface area contributed by atoms with Crippen molar-refractivity contribution in [2.45, 2.75) is 32.6 Å². The second-order valence-electron chi connectivity index (χ2n) is 4.87. The number of rotatable bonds is 5. The fraction of sp³-hybridized carbons (Fsp3) is 0.333. The molecule has 1 aromatic carbocycles. The van der Waals surface area contributed by atoms with Crippen LogP contribution in [0.25, 0.3) is 5.69 Å². The zero-order valence-corrected chi connectivity index (χ0v) is 12.3. The maximum Gasteiger partial charge on any atom is 0.339 e. The van der Waals surface area contributed by atoms with Gasteiger partial charge in [-0.1, -0.05) is 19.1 Å². The van der Waals surface area contributed by atoms with Gasteiger partial charge in [0.05, 0.1) is 11.4 Å². The number of hydrogen-bond acceptors (Lipinski definition) is 5. The molecule has 114 valence electrons. The van der Waals surface area contributed by atoms with Crippen molar-refractivity contribution in [3.63, 3.8) is 0 Å². The summed E-state index contributed by atoms with van der Waals surface area (Å²) in [6.07, 6.45) is 1.62. The summed E-state index contributed by atoms with van der Waals surface area (Å²) >= 11 is 0. The molecule has 2 rings (SSSR count). The van der Waals surface area contributed by atoms with Gasteiger partial charge in [0, 0.05) is 5.92 Å². The molecule has 22 heavy (non-hydrogen) atoms. The van der Waals surface area contributed by atoms with Gasteiger partial charge in [0.1, 0.15) is 17.4 Å². The number of aromatic hydroxyl groups is 1. The summed E-state index contributed by atoms with van der Waals surface area (Å²) in [5, 5.41) is 35.7. The first kappa shape index (κ1) is 15.5. The molecule has 0 amide bonds. The van der Waals surface area contributed by atoms with Crippen LogP contribution in [0.3, 0.4) is 0 Å². The van der Waals surface area contributed by atoms with Gasteiger partial charge in [-0.05, 0) is 31.0 Å². The van der Waals surface area contributed by atoms with E-state index in [1.165, 1.54) is 16.8 Å². The van der Waals surface area contributed by atoms with Gasteiger partial charge in [0.25, 0.3) is 0 Å². The number of aromatic carboxylic acids is 1. The lowest BCUT2D eigenvalue weighted by atomic mass is 9.97. The largest absolute Gasteiger partial charge is 0.507 e. The van der Waals surface area contributed by atoms with Crippen LogP contribution in [0.2, 0.25) is 0 Å². The van der Waals surface area contributed by atoms with E-state index >= 15 is 0 Å². The molecular formula is C15H16N4O3. The van der Waals surface area contributed by atoms with Crippen LogP contribution in [-0.4, -0.2) is 31.2 Å². The molecule has 1 heterocycles. The monoisotopic (exact) mass is 300 g/mol. The first-order valence-corrected chi connectivity index (χ1v) is 6.95. The summed E-state index contributed by atoms with van der Waals surface area (Å²) in [5.41, 5.74) is 1.13. The third-order valence-corrected chi connectivity index (χ3v) is 3.64. The number of nitriles is 1. The molecule has 0 atom stereocenters. The molecule has 0 saturated carbocycles. The fourth-order valence-electron chi connectivity index (χ4n) is 2.43. The molecule has 1 aromatic heterocycles. The summed E-state index contributed by atoms with van der Waals surface area (Å²) < 4.78 is 1.47. The maximum atomic E-state index is 11.1. The van der Waals surface area contributed by atoms with Gasteiger partial charge in [0.2, 0.25) is 0 Å². The molecule has 7 nitrogen and oxygen atoms in total. The molecule has 0 radical (unpaired) electrons. The molecule has 7 heteroatoms. The number of carbonyl (C=O) groups is 1. The Kier molecular flexibility index (Phi) is 4.41. The predicted molar refractivity (Wildman–Crippen MR) is 78.0 cm³/mol. The van der Waals surface area contributed by atoms with Gasteiger partial charge >= 0.3 is 5.97 Å². The smallest absolute Gasteiger partial charge is 0.339 e. The molecule has 0 aliphatic heterocycles. The van der Waals surface area contributed by atoms with Gasteiger partial charge in [-0.15, -0.1) is 5.10 Å². The van der Waals surface area contributed by atoms with E-state index in [4.69, 9.17) is 5.11 Å². The Bertz CT molecular complexity index is 742. The molecule has 0 fully saturated rings. The summed E-state index contributed by atoms with van der Waals surface area (Å²) in [5.74, 6) is -1.46. The van der Waals surface area contributed by atoms with Crippen molar-refractivity contribution in [2.24, 2.45) is 0 Å². The van der Waals surface area contributed by atoms with Crippen LogP contribution in [0.1, 0.15) is 54.4 Å². The van der Waals surface area contributed by atoms with Crippen LogP contribution >= 0.6 is 0 Å². The lowest BCUT2D eigenvalue weighted by Crippen LogP contribution is -2.09. The number of aromatic nitrogens is 3. The molecule has 0 aliphatic carbocycles. The molecule has 0 unspecified atom stereocenters. The third-order valence-electron chi connectivity index (χ3n) is 3.64. The molecule has 2 N–H and O–H groups in total. The van der Waals surface area contributed by atoms with Crippen LogP contribution < -0.4 is 0 Å². The lowest BCUT2D eigenvalue weighted by Gasteiger charge is -2.15. The second kappa shape index (κ2) is 6.26. The van der Waals surface area contributed by atoms with Crippen molar-refractivity contribution in [3.8, 4) is 17.5 Å². The molecule has 0 saturated heterocycles. The molecule has 0 bridgehead atoms. The average Bonchev–Trinajstić information content (AvgIpc) is 2.93. The van der Waals surface area contributed by atoms with Crippen molar-refractivity contribution in [1.82, 2.24) is 15.0 Å². The van der Waals surface area contributed by atoms with Crippen LogP contribution in [0.5, 0.6) is 5.75 Å². The predicted octanol–water partition coefficient (Wildman–Crippen LogP) is 2.45. The van der Waals surface area contributed by atoms with Crippen LogP contribution in [0.15, 0.2) is 18.2 Å². The first-order chi connectivity index (χ1) is 10.5. The molecular weight excluding hydrogens is 284 g/mol. The van der Waals surface area contributed by atoms with E-state index in [9.17, 15) is 15.2 Å². The Hall–Kier alpha value is -2.88. The van der Waals surface area contributed by atoms with Crippen molar-refractivity contribution in [3.05, 3.63) is 35.2 Å². The summed E-state index contributed by atoms with van der Waals surface area (Å²) in [7, 11) is 0. The number of nitrogens with zero attached hydrogens (tertiary/aromatic N) is 4. The number of benzene rings is 1. The minimum atomic E-state index is -1.23. The van der Waals surface area contributed by atoms with Crippen molar-refractivity contribution < 1.29 is 15.0 Å². The number of carboxylic acids is 1. The zero-order chi connectivity index (χ0) is 16.3. The highest BCUT2D eigenvalue weighted by atomic mass is 16.4. The van der Waals surface area contributed by atoms with Gasteiger partial charge in [-0.25, -0.2) is 9.48 Å².